The fraction of sp³-hybridized carbons (Fsp3) is 0.0769. The second-order valence-electron chi connectivity index (χ2n) is 3.45. The molecule has 0 N–H and O–H groups in total. The summed E-state index contributed by atoms with van der Waals surface area (Å²) in [6.07, 6.45) is 6.34. The van der Waals surface area contributed by atoms with Crippen molar-refractivity contribution in [1.82, 2.24) is 9.78 Å². The smallest absolute Gasteiger partial charge is 0.134 e. The minimum absolute atomic E-state index is 0.718. The lowest BCUT2D eigenvalue weighted by atomic mass is 10.1. The molecule has 0 unspecified atom stereocenters. The lowest BCUT2D eigenvalue weighted by Gasteiger charge is -2.04. The summed E-state index contributed by atoms with van der Waals surface area (Å²) < 4.78 is 1.69. The highest BCUT2D eigenvalue weighted by atomic mass is 32.1. The van der Waals surface area contributed by atoms with Crippen LogP contribution in [0.3, 0.4) is 0 Å². The van der Waals surface area contributed by atoms with Crippen molar-refractivity contribution in [1.29, 1.82) is 0 Å². The van der Waals surface area contributed by atoms with Gasteiger partial charge in [0.1, 0.15) is 4.99 Å². The van der Waals surface area contributed by atoms with Crippen LogP contribution >= 0.6 is 12.2 Å². The molecule has 1 aromatic carbocycles. The Balaban J connectivity index is 2.22. The van der Waals surface area contributed by atoms with Crippen LogP contribution < -0.4 is 0 Å². The molecule has 0 aliphatic carbocycles. The van der Waals surface area contributed by atoms with Crippen LogP contribution in [0.5, 0.6) is 0 Å². The predicted octanol–water partition coefficient (Wildman–Crippen LogP) is 2.84. The van der Waals surface area contributed by atoms with Crippen LogP contribution in [0.25, 0.3) is 0 Å². The number of rotatable bonds is 3. The second kappa shape index (κ2) is 4.86. The molecule has 1 aromatic heterocycles. The van der Waals surface area contributed by atoms with Gasteiger partial charge in [0.15, 0.2) is 0 Å². The van der Waals surface area contributed by atoms with E-state index in [1.54, 1.807) is 10.9 Å². The Labute approximate surface area is 100 Å². The summed E-state index contributed by atoms with van der Waals surface area (Å²) in [5.74, 6) is 0. The van der Waals surface area contributed by atoms with Crippen LogP contribution in [0, 0.1) is 0 Å². The van der Waals surface area contributed by atoms with Gasteiger partial charge >= 0.3 is 0 Å². The number of nitrogens with zero attached hydrogens (tertiary/aromatic N) is 2. The SMILES string of the molecule is C=CCc1ccc(C(=S)n2cccn2)cc1. The number of hydrogen-bond donors (Lipinski definition) is 0. The van der Waals surface area contributed by atoms with Crippen LogP contribution in [0.2, 0.25) is 0 Å². The fourth-order valence-electron chi connectivity index (χ4n) is 1.47. The van der Waals surface area contributed by atoms with E-state index in [-0.39, 0.29) is 0 Å². The Kier molecular flexibility index (Phi) is 3.27. The standard InChI is InChI=1S/C13H12N2S/c1-2-4-11-5-7-12(8-6-11)13(16)15-10-3-9-14-15/h2-3,5-10H,1,4H2. The average molecular weight is 228 g/mol. The van der Waals surface area contributed by atoms with Gasteiger partial charge in [-0.05, 0) is 18.1 Å². The molecule has 80 valence electrons. The van der Waals surface area contributed by atoms with Gasteiger partial charge in [0.05, 0.1) is 0 Å². The molecule has 0 aliphatic heterocycles. The van der Waals surface area contributed by atoms with Crippen molar-refractivity contribution in [2.75, 3.05) is 0 Å². The van der Waals surface area contributed by atoms with E-state index in [9.17, 15) is 0 Å². The van der Waals surface area contributed by atoms with Crippen molar-refractivity contribution in [3.8, 4) is 0 Å². The van der Waals surface area contributed by atoms with Crippen LogP contribution in [-0.2, 0) is 6.42 Å². The molecule has 2 rings (SSSR count). The minimum atomic E-state index is 0.718. The lowest BCUT2D eigenvalue weighted by Crippen LogP contribution is -2.10. The molecule has 0 radical (unpaired) electrons. The van der Waals surface area contributed by atoms with Crippen molar-refractivity contribution >= 4 is 17.2 Å². The van der Waals surface area contributed by atoms with E-state index in [4.69, 9.17) is 12.2 Å². The first-order valence-electron chi connectivity index (χ1n) is 5.05. The minimum Gasteiger partial charge on any atom is -0.229 e. The van der Waals surface area contributed by atoms with Gasteiger partial charge in [-0.3, -0.25) is 0 Å². The molecule has 0 bridgehead atoms. The van der Waals surface area contributed by atoms with Crippen molar-refractivity contribution in [2.24, 2.45) is 0 Å². The van der Waals surface area contributed by atoms with Gasteiger partial charge < -0.3 is 0 Å². The first-order chi connectivity index (χ1) is 7.81. The molecule has 0 atom stereocenters. The van der Waals surface area contributed by atoms with E-state index in [1.807, 2.05) is 30.5 Å². The van der Waals surface area contributed by atoms with Gasteiger partial charge in [0.25, 0.3) is 0 Å². The van der Waals surface area contributed by atoms with Crippen molar-refractivity contribution < 1.29 is 0 Å². The lowest BCUT2D eigenvalue weighted by molar-refractivity contribution is 0.950. The molecule has 0 spiro atoms. The molecule has 2 aromatic rings. The Morgan fingerprint density at radius 3 is 2.69 bits per heavy atom. The molecule has 0 saturated heterocycles. The summed E-state index contributed by atoms with van der Waals surface area (Å²) >= 11 is 5.33. The zero-order chi connectivity index (χ0) is 11.4. The number of allylic oxidation sites excluding steroid dienone is 1. The van der Waals surface area contributed by atoms with Crippen molar-refractivity contribution in [3.63, 3.8) is 0 Å². The summed E-state index contributed by atoms with van der Waals surface area (Å²) in [5, 5.41) is 4.11. The van der Waals surface area contributed by atoms with Crippen LogP contribution in [-0.4, -0.2) is 14.8 Å². The maximum Gasteiger partial charge on any atom is 0.134 e. The van der Waals surface area contributed by atoms with Crippen molar-refractivity contribution in [3.05, 3.63) is 66.5 Å². The Morgan fingerprint density at radius 1 is 1.38 bits per heavy atom. The predicted molar refractivity (Wildman–Crippen MR) is 69.7 cm³/mol. The highest BCUT2D eigenvalue weighted by molar-refractivity contribution is 7.80. The first kappa shape index (κ1) is 10.8. The highest BCUT2D eigenvalue weighted by Crippen LogP contribution is 2.08. The zero-order valence-corrected chi connectivity index (χ0v) is 9.65. The van der Waals surface area contributed by atoms with E-state index in [2.05, 4.69) is 23.8 Å². The molecule has 0 amide bonds. The van der Waals surface area contributed by atoms with E-state index < -0.39 is 0 Å². The summed E-state index contributed by atoms with van der Waals surface area (Å²) in [6.45, 7) is 3.71. The summed E-state index contributed by atoms with van der Waals surface area (Å²) in [7, 11) is 0. The highest BCUT2D eigenvalue weighted by Gasteiger charge is 2.03. The van der Waals surface area contributed by atoms with Crippen LogP contribution in [0.4, 0.5) is 0 Å². The molecule has 0 saturated carbocycles. The molecule has 1 heterocycles. The largest absolute Gasteiger partial charge is 0.229 e. The van der Waals surface area contributed by atoms with E-state index >= 15 is 0 Å². The van der Waals surface area contributed by atoms with E-state index in [1.165, 1.54) is 5.56 Å². The Hall–Kier alpha value is -1.74. The molecule has 16 heavy (non-hydrogen) atoms. The topological polar surface area (TPSA) is 17.8 Å². The first-order valence-corrected chi connectivity index (χ1v) is 5.46. The van der Waals surface area contributed by atoms with Gasteiger partial charge in [0.2, 0.25) is 0 Å². The summed E-state index contributed by atoms with van der Waals surface area (Å²) in [4.78, 5) is 0.718. The molecular weight excluding hydrogens is 216 g/mol. The average Bonchev–Trinajstić information content (AvgIpc) is 2.83. The monoisotopic (exact) mass is 228 g/mol. The molecule has 3 heteroatoms. The maximum absolute atomic E-state index is 5.33. The zero-order valence-electron chi connectivity index (χ0n) is 8.84. The van der Waals surface area contributed by atoms with Gasteiger partial charge in [-0.2, -0.15) is 5.10 Å². The van der Waals surface area contributed by atoms with Gasteiger partial charge in [-0.25, -0.2) is 4.68 Å². The normalized spacial score (nSPS) is 10.0. The van der Waals surface area contributed by atoms with Crippen molar-refractivity contribution in [2.45, 2.75) is 6.42 Å². The van der Waals surface area contributed by atoms with Gasteiger partial charge in [0, 0.05) is 18.0 Å². The quantitative estimate of drug-likeness (QED) is 0.594. The third-order valence-electron chi connectivity index (χ3n) is 2.29. The van der Waals surface area contributed by atoms with Gasteiger partial charge in [-0.1, -0.05) is 42.6 Å². The number of hydrogen-bond acceptors (Lipinski definition) is 2. The number of thiocarbonyl (C=S) groups is 1. The van der Waals surface area contributed by atoms with Crippen LogP contribution in [0.1, 0.15) is 11.1 Å². The maximum atomic E-state index is 5.33. The Bertz CT molecular complexity index is 483. The third-order valence-corrected chi connectivity index (χ3v) is 2.72. The van der Waals surface area contributed by atoms with E-state index in [0.29, 0.717) is 0 Å². The molecule has 0 fully saturated rings. The second-order valence-corrected chi connectivity index (χ2v) is 3.83. The molecular formula is C13H12N2S. The third kappa shape index (κ3) is 2.25. The Morgan fingerprint density at radius 2 is 2.12 bits per heavy atom. The number of benzene rings is 1. The summed E-state index contributed by atoms with van der Waals surface area (Å²) in [6, 6.07) is 10.0. The summed E-state index contributed by atoms with van der Waals surface area (Å²) in [5.41, 5.74) is 2.24. The van der Waals surface area contributed by atoms with Crippen LogP contribution in [0.15, 0.2) is 55.4 Å². The molecule has 0 aliphatic rings. The van der Waals surface area contributed by atoms with Gasteiger partial charge in [-0.15, -0.1) is 6.58 Å². The molecule has 2 nitrogen and oxygen atoms in total. The fourth-order valence-corrected chi connectivity index (χ4v) is 1.72. The van der Waals surface area contributed by atoms with E-state index in [0.717, 1.165) is 17.0 Å². The number of aromatic nitrogens is 2.